The number of fused-ring (bicyclic) bond motifs is 3. The third-order valence-electron chi connectivity index (χ3n) is 2.03. The van der Waals surface area contributed by atoms with Gasteiger partial charge >= 0.3 is 0 Å². The monoisotopic (exact) mass is 239 g/mol. The summed E-state index contributed by atoms with van der Waals surface area (Å²) in [6.45, 7) is 0. The fourth-order valence-corrected chi connectivity index (χ4v) is 1.99. The SMILES string of the molecule is Clc1cc(Cl)c2c(c1)nnc1nncn12. The van der Waals surface area contributed by atoms with Crippen LogP contribution in [0.15, 0.2) is 18.5 Å². The fourth-order valence-electron chi connectivity index (χ4n) is 1.42. The van der Waals surface area contributed by atoms with E-state index in [0.29, 0.717) is 26.9 Å². The van der Waals surface area contributed by atoms with Crippen LogP contribution in [0.2, 0.25) is 10.0 Å². The number of hydrogen-bond acceptors (Lipinski definition) is 4. The molecule has 0 atom stereocenters. The molecule has 0 fully saturated rings. The van der Waals surface area contributed by atoms with E-state index in [1.807, 2.05) is 0 Å². The Balaban J connectivity index is 2.62. The van der Waals surface area contributed by atoms with Crippen LogP contribution in [0.25, 0.3) is 16.8 Å². The number of aromatic nitrogens is 5. The summed E-state index contributed by atoms with van der Waals surface area (Å²) in [6.07, 6.45) is 1.53. The van der Waals surface area contributed by atoms with Gasteiger partial charge in [-0.2, -0.15) is 0 Å². The average Bonchev–Trinajstić information content (AvgIpc) is 2.63. The van der Waals surface area contributed by atoms with Crippen LogP contribution in [0.3, 0.4) is 0 Å². The van der Waals surface area contributed by atoms with Crippen molar-refractivity contribution in [3.05, 3.63) is 28.5 Å². The molecule has 1 aromatic carbocycles. The van der Waals surface area contributed by atoms with Gasteiger partial charge in [0.2, 0.25) is 0 Å². The van der Waals surface area contributed by atoms with Gasteiger partial charge in [-0.05, 0) is 12.1 Å². The first-order valence-electron chi connectivity index (χ1n) is 4.07. The minimum atomic E-state index is 0.409. The maximum absolute atomic E-state index is 6.07. The van der Waals surface area contributed by atoms with Gasteiger partial charge in [-0.25, -0.2) is 0 Å². The summed E-state index contributed by atoms with van der Waals surface area (Å²) in [5, 5.41) is 16.4. The van der Waals surface area contributed by atoms with E-state index in [2.05, 4.69) is 20.4 Å². The van der Waals surface area contributed by atoms with Gasteiger partial charge in [0.05, 0.1) is 10.5 Å². The number of benzene rings is 1. The van der Waals surface area contributed by atoms with Crippen molar-refractivity contribution in [1.82, 2.24) is 24.8 Å². The Morgan fingerprint density at radius 3 is 2.80 bits per heavy atom. The largest absolute Gasteiger partial charge is 0.274 e. The Bertz CT molecular complexity index is 662. The number of hydrogen-bond donors (Lipinski definition) is 0. The topological polar surface area (TPSA) is 56.0 Å². The van der Waals surface area contributed by atoms with Crippen LogP contribution in [0, 0.1) is 0 Å². The Kier molecular flexibility index (Phi) is 1.77. The fraction of sp³-hybridized carbons (Fsp3) is 0. The number of rotatable bonds is 0. The summed E-state index contributed by atoms with van der Waals surface area (Å²) in [5.74, 6) is 0.409. The maximum Gasteiger partial charge on any atom is 0.274 e. The highest BCUT2D eigenvalue weighted by atomic mass is 35.5. The van der Waals surface area contributed by atoms with Crippen molar-refractivity contribution >= 4 is 40.0 Å². The molecule has 3 aromatic rings. The van der Waals surface area contributed by atoms with Crippen LogP contribution in [0.4, 0.5) is 0 Å². The molecule has 0 aliphatic rings. The van der Waals surface area contributed by atoms with Gasteiger partial charge in [0, 0.05) is 5.02 Å². The minimum Gasteiger partial charge on any atom is -0.261 e. The zero-order valence-electron chi connectivity index (χ0n) is 7.22. The second-order valence-corrected chi connectivity index (χ2v) is 3.80. The lowest BCUT2D eigenvalue weighted by atomic mass is 10.3. The maximum atomic E-state index is 6.07. The molecule has 15 heavy (non-hydrogen) atoms. The lowest BCUT2D eigenvalue weighted by Crippen LogP contribution is -1.95. The third-order valence-corrected chi connectivity index (χ3v) is 2.53. The third kappa shape index (κ3) is 1.24. The van der Waals surface area contributed by atoms with E-state index in [1.54, 1.807) is 16.5 Å². The Morgan fingerprint density at radius 1 is 1.07 bits per heavy atom. The smallest absolute Gasteiger partial charge is 0.261 e. The van der Waals surface area contributed by atoms with E-state index >= 15 is 0 Å². The highest BCUT2D eigenvalue weighted by Gasteiger charge is 2.08. The first kappa shape index (κ1) is 8.82. The van der Waals surface area contributed by atoms with Crippen LogP contribution in [0.5, 0.6) is 0 Å². The van der Waals surface area contributed by atoms with Crippen LogP contribution in [0.1, 0.15) is 0 Å². The molecule has 7 heteroatoms. The zero-order valence-corrected chi connectivity index (χ0v) is 8.74. The van der Waals surface area contributed by atoms with Crippen LogP contribution < -0.4 is 0 Å². The van der Waals surface area contributed by atoms with Gasteiger partial charge in [0.25, 0.3) is 5.78 Å². The molecular formula is C8H3Cl2N5. The van der Waals surface area contributed by atoms with Crippen molar-refractivity contribution in [2.45, 2.75) is 0 Å². The van der Waals surface area contributed by atoms with Crippen molar-refractivity contribution in [2.75, 3.05) is 0 Å². The molecule has 0 unspecified atom stereocenters. The molecule has 3 rings (SSSR count). The van der Waals surface area contributed by atoms with Crippen molar-refractivity contribution in [2.24, 2.45) is 0 Å². The second kappa shape index (κ2) is 3.01. The molecule has 0 spiro atoms. The quantitative estimate of drug-likeness (QED) is 0.602. The van der Waals surface area contributed by atoms with E-state index in [-0.39, 0.29) is 0 Å². The zero-order chi connectivity index (χ0) is 10.4. The van der Waals surface area contributed by atoms with Gasteiger partial charge in [0.1, 0.15) is 11.8 Å². The Morgan fingerprint density at radius 2 is 1.93 bits per heavy atom. The van der Waals surface area contributed by atoms with Gasteiger partial charge in [0.15, 0.2) is 0 Å². The van der Waals surface area contributed by atoms with Crippen LogP contribution >= 0.6 is 23.2 Å². The van der Waals surface area contributed by atoms with Crippen molar-refractivity contribution in [3.63, 3.8) is 0 Å². The summed E-state index contributed by atoms with van der Waals surface area (Å²) in [5.41, 5.74) is 1.32. The molecule has 0 radical (unpaired) electrons. The first-order chi connectivity index (χ1) is 7.25. The number of nitrogens with zero attached hydrogens (tertiary/aromatic N) is 5. The summed E-state index contributed by atoms with van der Waals surface area (Å²) < 4.78 is 1.67. The van der Waals surface area contributed by atoms with Crippen molar-refractivity contribution < 1.29 is 0 Å². The molecule has 0 amide bonds. The highest BCUT2D eigenvalue weighted by molar-refractivity contribution is 6.38. The predicted molar refractivity (Wildman–Crippen MR) is 56.1 cm³/mol. The second-order valence-electron chi connectivity index (χ2n) is 2.96. The molecule has 0 aliphatic heterocycles. The van der Waals surface area contributed by atoms with Gasteiger partial charge < -0.3 is 0 Å². The van der Waals surface area contributed by atoms with Gasteiger partial charge in [-0.1, -0.05) is 23.2 Å². The van der Waals surface area contributed by atoms with E-state index in [4.69, 9.17) is 23.2 Å². The lowest BCUT2D eigenvalue weighted by Gasteiger charge is -2.01. The molecule has 0 bridgehead atoms. The summed E-state index contributed by atoms with van der Waals surface area (Å²) in [4.78, 5) is 0. The van der Waals surface area contributed by atoms with Gasteiger partial charge in [-0.15, -0.1) is 20.4 Å². The molecule has 2 aromatic heterocycles. The molecule has 0 aliphatic carbocycles. The van der Waals surface area contributed by atoms with E-state index in [0.717, 1.165) is 0 Å². The average molecular weight is 240 g/mol. The molecule has 5 nitrogen and oxygen atoms in total. The Hall–Kier alpha value is -1.46. The molecule has 0 saturated carbocycles. The summed E-state index contributed by atoms with van der Waals surface area (Å²) in [7, 11) is 0. The first-order valence-corrected chi connectivity index (χ1v) is 4.82. The summed E-state index contributed by atoms with van der Waals surface area (Å²) >= 11 is 11.9. The standard InChI is InChI=1S/C8H3Cl2N5/c9-4-1-5(10)7-6(2-4)12-14-8-13-11-3-15(7)8/h1-3H. The highest BCUT2D eigenvalue weighted by Crippen LogP contribution is 2.26. The molecule has 2 heterocycles. The van der Waals surface area contributed by atoms with Crippen LogP contribution in [-0.2, 0) is 0 Å². The normalized spacial score (nSPS) is 11.3. The summed E-state index contributed by atoms with van der Waals surface area (Å²) in [6, 6.07) is 3.34. The molecule has 0 N–H and O–H groups in total. The van der Waals surface area contributed by atoms with E-state index < -0.39 is 0 Å². The molecule has 74 valence electrons. The lowest BCUT2D eigenvalue weighted by molar-refractivity contribution is 1.01. The minimum absolute atomic E-state index is 0.409. The molecular weight excluding hydrogens is 237 g/mol. The van der Waals surface area contributed by atoms with E-state index in [9.17, 15) is 0 Å². The van der Waals surface area contributed by atoms with E-state index in [1.165, 1.54) is 6.33 Å². The Labute approximate surface area is 93.7 Å². The predicted octanol–water partition coefficient (Wildman–Crippen LogP) is 1.98. The van der Waals surface area contributed by atoms with Crippen molar-refractivity contribution in [1.29, 1.82) is 0 Å². The number of halogens is 2. The van der Waals surface area contributed by atoms with Crippen molar-refractivity contribution in [3.8, 4) is 0 Å². The van der Waals surface area contributed by atoms with Crippen LogP contribution in [-0.4, -0.2) is 24.8 Å². The van der Waals surface area contributed by atoms with Gasteiger partial charge in [-0.3, -0.25) is 4.40 Å². The molecule has 0 saturated heterocycles.